The van der Waals surface area contributed by atoms with Crippen molar-refractivity contribution < 1.29 is 4.79 Å². The fraction of sp³-hybridized carbons (Fsp3) is 0.929. The number of nitrogens with two attached hydrogens (primary N) is 1. The summed E-state index contributed by atoms with van der Waals surface area (Å²) in [5.74, 6) is 0.606. The van der Waals surface area contributed by atoms with Gasteiger partial charge >= 0.3 is 0 Å². The molecule has 0 spiro atoms. The number of piperidine rings is 1. The molecular formula is C14H28N2O. The van der Waals surface area contributed by atoms with Crippen LogP contribution in [0.25, 0.3) is 0 Å². The van der Waals surface area contributed by atoms with Crippen LogP contribution < -0.4 is 5.73 Å². The van der Waals surface area contributed by atoms with E-state index in [1.165, 1.54) is 0 Å². The summed E-state index contributed by atoms with van der Waals surface area (Å²) < 4.78 is 0. The van der Waals surface area contributed by atoms with Gasteiger partial charge in [-0.25, -0.2) is 0 Å². The highest BCUT2D eigenvalue weighted by Crippen LogP contribution is 2.23. The van der Waals surface area contributed by atoms with Crippen LogP contribution in [0.15, 0.2) is 0 Å². The molecule has 17 heavy (non-hydrogen) atoms. The molecule has 0 aromatic carbocycles. The van der Waals surface area contributed by atoms with Gasteiger partial charge in [0.05, 0.1) is 0 Å². The van der Waals surface area contributed by atoms with E-state index in [0.717, 1.165) is 45.1 Å². The van der Waals surface area contributed by atoms with Crippen molar-refractivity contribution in [2.24, 2.45) is 11.7 Å². The Morgan fingerprint density at radius 3 is 2.41 bits per heavy atom. The summed E-state index contributed by atoms with van der Waals surface area (Å²) in [7, 11) is 0. The number of nitrogens with zero attached hydrogens (tertiary/aromatic N) is 1. The van der Waals surface area contributed by atoms with E-state index in [2.05, 4.69) is 25.7 Å². The van der Waals surface area contributed by atoms with Gasteiger partial charge in [0.25, 0.3) is 0 Å². The van der Waals surface area contributed by atoms with Gasteiger partial charge in [-0.2, -0.15) is 0 Å². The second-order valence-electron chi connectivity index (χ2n) is 5.44. The van der Waals surface area contributed by atoms with Crippen LogP contribution in [0.5, 0.6) is 0 Å². The van der Waals surface area contributed by atoms with Gasteiger partial charge in [0.1, 0.15) is 0 Å². The lowest BCUT2D eigenvalue weighted by Gasteiger charge is -2.38. The van der Waals surface area contributed by atoms with E-state index in [-0.39, 0.29) is 12.0 Å². The predicted molar refractivity (Wildman–Crippen MR) is 71.7 cm³/mol. The topological polar surface area (TPSA) is 46.3 Å². The van der Waals surface area contributed by atoms with E-state index in [1.807, 2.05) is 0 Å². The molecule has 1 heterocycles. The Kier molecular flexibility index (Phi) is 5.96. The van der Waals surface area contributed by atoms with Crippen molar-refractivity contribution in [2.75, 3.05) is 6.54 Å². The molecule has 2 unspecified atom stereocenters. The van der Waals surface area contributed by atoms with Crippen LogP contribution in [-0.4, -0.2) is 29.4 Å². The molecule has 2 N–H and O–H groups in total. The maximum Gasteiger partial charge on any atom is 0.225 e. The Morgan fingerprint density at radius 1 is 1.35 bits per heavy atom. The van der Waals surface area contributed by atoms with Crippen molar-refractivity contribution in [3.05, 3.63) is 0 Å². The Bertz CT molecular complexity index is 236. The average molecular weight is 240 g/mol. The summed E-state index contributed by atoms with van der Waals surface area (Å²) in [4.78, 5) is 14.5. The second kappa shape index (κ2) is 7.00. The molecule has 0 aromatic heterocycles. The Labute approximate surface area is 106 Å². The van der Waals surface area contributed by atoms with E-state index < -0.39 is 0 Å². The number of carbonyl (C=O) groups is 1. The van der Waals surface area contributed by atoms with E-state index in [9.17, 15) is 4.79 Å². The highest BCUT2D eigenvalue weighted by molar-refractivity contribution is 5.79. The molecule has 3 nitrogen and oxygen atoms in total. The highest BCUT2D eigenvalue weighted by atomic mass is 16.2. The molecule has 1 rings (SSSR count). The molecule has 0 saturated carbocycles. The van der Waals surface area contributed by atoms with Crippen LogP contribution in [0.1, 0.15) is 59.3 Å². The van der Waals surface area contributed by atoms with Gasteiger partial charge in [-0.05, 0) is 32.6 Å². The summed E-state index contributed by atoms with van der Waals surface area (Å²) in [5.41, 5.74) is 5.94. The predicted octanol–water partition coefficient (Wildman–Crippen LogP) is 2.54. The standard InChI is InChI=1S/C14H28N2O/c1-4-6-12(7-5-2)14(17)16-9-8-13(15)10-11(16)3/h11-13H,4-10,15H2,1-3H3. The molecule has 0 aliphatic carbocycles. The fourth-order valence-electron chi connectivity index (χ4n) is 2.86. The molecule has 3 heteroatoms. The molecule has 0 bridgehead atoms. The second-order valence-corrected chi connectivity index (χ2v) is 5.44. The first-order valence-corrected chi connectivity index (χ1v) is 7.16. The third-order valence-electron chi connectivity index (χ3n) is 3.82. The molecule has 2 atom stereocenters. The van der Waals surface area contributed by atoms with Crippen molar-refractivity contribution in [3.63, 3.8) is 0 Å². The van der Waals surface area contributed by atoms with E-state index >= 15 is 0 Å². The van der Waals surface area contributed by atoms with Crippen molar-refractivity contribution >= 4 is 5.91 Å². The third-order valence-corrected chi connectivity index (χ3v) is 3.82. The maximum absolute atomic E-state index is 12.5. The minimum absolute atomic E-state index is 0.238. The molecule has 100 valence electrons. The van der Waals surface area contributed by atoms with Crippen LogP contribution in [0.4, 0.5) is 0 Å². The smallest absolute Gasteiger partial charge is 0.225 e. The Hall–Kier alpha value is -0.570. The lowest BCUT2D eigenvalue weighted by Crippen LogP contribution is -2.50. The van der Waals surface area contributed by atoms with Crippen molar-refractivity contribution in [1.82, 2.24) is 4.90 Å². The van der Waals surface area contributed by atoms with Gasteiger partial charge in [0.2, 0.25) is 5.91 Å². The first-order chi connectivity index (χ1) is 8.10. The first-order valence-electron chi connectivity index (χ1n) is 7.16. The lowest BCUT2D eigenvalue weighted by molar-refractivity contribution is -0.139. The molecule has 0 radical (unpaired) electrons. The normalized spacial score (nSPS) is 25.4. The minimum atomic E-state index is 0.238. The minimum Gasteiger partial charge on any atom is -0.340 e. The molecule has 1 saturated heterocycles. The van der Waals surface area contributed by atoms with Crippen molar-refractivity contribution in [1.29, 1.82) is 0 Å². The van der Waals surface area contributed by atoms with Crippen LogP contribution in [0.3, 0.4) is 0 Å². The van der Waals surface area contributed by atoms with Gasteiger partial charge in [0, 0.05) is 24.5 Å². The van der Waals surface area contributed by atoms with E-state index in [1.54, 1.807) is 0 Å². The molecule has 1 aliphatic rings. The first kappa shape index (κ1) is 14.5. The number of rotatable bonds is 5. The maximum atomic E-state index is 12.5. The quantitative estimate of drug-likeness (QED) is 0.802. The summed E-state index contributed by atoms with van der Waals surface area (Å²) in [6.45, 7) is 7.30. The van der Waals surface area contributed by atoms with Crippen molar-refractivity contribution in [3.8, 4) is 0 Å². The van der Waals surface area contributed by atoms with Gasteiger partial charge in [-0.3, -0.25) is 4.79 Å². The molecular weight excluding hydrogens is 212 g/mol. The largest absolute Gasteiger partial charge is 0.340 e. The zero-order chi connectivity index (χ0) is 12.8. The summed E-state index contributed by atoms with van der Waals surface area (Å²) in [5, 5.41) is 0. The number of hydrogen-bond acceptors (Lipinski definition) is 2. The van der Waals surface area contributed by atoms with E-state index in [0.29, 0.717) is 11.9 Å². The number of amides is 1. The van der Waals surface area contributed by atoms with Crippen LogP contribution in [-0.2, 0) is 4.79 Å². The summed E-state index contributed by atoms with van der Waals surface area (Å²) in [6, 6.07) is 0.604. The van der Waals surface area contributed by atoms with E-state index in [4.69, 9.17) is 5.73 Å². The number of carbonyl (C=O) groups excluding carboxylic acids is 1. The molecule has 1 aliphatic heterocycles. The third kappa shape index (κ3) is 3.98. The summed E-state index contributed by atoms with van der Waals surface area (Å²) >= 11 is 0. The van der Waals surface area contributed by atoms with Crippen LogP contribution >= 0.6 is 0 Å². The summed E-state index contributed by atoms with van der Waals surface area (Å²) in [6.07, 6.45) is 6.16. The average Bonchev–Trinajstić information content (AvgIpc) is 2.28. The van der Waals surface area contributed by atoms with Gasteiger partial charge in [-0.1, -0.05) is 26.7 Å². The lowest BCUT2D eigenvalue weighted by atomic mass is 9.92. The molecule has 1 fully saturated rings. The molecule has 1 amide bonds. The van der Waals surface area contributed by atoms with Gasteiger partial charge in [-0.15, -0.1) is 0 Å². The zero-order valence-electron chi connectivity index (χ0n) is 11.6. The number of hydrogen-bond donors (Lipinski definition) is 1. The van der Waals surface area contributed by atoms with Crippen LogP contribution in [0, 0.1) is 5.92 Å². The Morgan fingerprint density at radius 2 is 1.94 bits per heavy atom. The Balaban J connectivity index is 2.59. The van der Waals surface area contributed by atoms with Gasteiger partial charge < -0.3 is 10.6 Å². The highest BCUT2D eigenvalue weighted by Gasteiger charge is 2.30. The van der Waals surface area contributed by atoms with Crippen molar-refractivity contribution in [2.45, 2.75) is 71.4 Å². The number of likely N-dealkylation sites (tertiary alicyclic amines) is 1. The monoisotopic (exact) mass is 240 g/mol. The van der Waals surface area contributed by atoms with Gasteiger partial charge in [0.15, 0.2) is 0 Å². The zero-order valence-corrected chi connectivity index (χ0v) is 11.6. The SMILES string of the molecule is CCCC(CCC)C(=O)N1CCC(N)CC1C. The fourth-order valence-corrected chi connectivity index (χ4v) is 2.86. The van der Waals surface area contributed by atoms with Crippen LogP contribution in [0.2, 0.25) is 0 Å². The molecule has 0 aromatic rings.